The Bertz CT molecular complexity index is 502. The molecule has 1 aliphatic heterocycles. The third-order valence-corrected chi connectivity index (χ3v) is 3.40. The van der Waals surface area contributed by atoms with E-state index in [0.717, 1.165) is 26.2 Å². The zero-order valence-electron chi connectivity index (χ0n) is 11.3. The molecule has 6 nitrogen and oxygen atoms in total. The van der Waals surface area contributed by atoms with Gasteiger partial charge in [-0.2, -0.15) is 5.26 Å². The molecule has 0 unspecified atom stereocenters. The van der Waals surface area contributed by atoms with E-state index in [-0.39, 0.29) is 48.8 Å². The number of nitriles is 1. The van der Waals surface area contributed by atoms with Crippen molar-refractivity contribution in [2.24, 2.45) is 0 Å². The molecule has 21 heavy (non-hydrogen) atoms. The lowest BCUT2D eigenvalue weighted by atomic mass is 10.00. The van der Waals surface area contributed by atoms with Crippen LogP contribution < -0.4 is 5.32 Å². The van der Waals surface area contributed by atoms with Gasteiger partial charge in [-0.1, -0.05) is 0 Å². The van der Waals surface area contributed by atoms with Crippen LogP contribution in [-0.2, 0) is 0 Å². The van der Waals surface area contributed by atoms with Crippen LogP contribution in [0.25, 0.3) is 0 Å². The van der Waals surface area contributed by atoms with Gasteiger partial charge in [-0.3, -0.25) is 4.90 Å². The predicted molar refractivity (Wildman–Crippen MR) is 83.3 cm³/mol. The molecule has 0 amide bonds. The molecule has 8 heteroatoms. The number of piperazine rings is 1. The molecule has 0 aromatic heterocycles. The first-order chi connectivity index (χ1) is 9.15. The number of aromatic hydroxyl groups is 3. The molecule has 2 rings (SSSR count). The second-order valence-corrected chi connectivity index (χ2v) is 4.54. The molecule has 1 fully saturated rings. The zero-order valence-corrected chi connectivity index (χ0v) is 13.0. The molecule has 1 heterocycles. The fourth-order valence-corrected chi connectivity index (χ4v) is 2.37. The monoisotopic (exact) mass is 335 g/mol. The van der Waals surface area contributed by atoms with Gasteiger partial charge in [0.15, 0.2) is 11.5 Å². The van der Waals surface area contributed by atoms with Crippen LogP contribution in [0, 0.1) is 11.3 Å². The zero-order chi connectivity index (χ0) is 13.8. The fraction of sp³-hybridized carbons (Fsp3) is 0.462. The Kier molecular flexibility index (Phi) is 8.22. The third kappa shape index (κ3) is 4.29. The predicted octanol–water partition coefficient (Wildman–Crippen LogP) is 1.51. The van der Waals surface area contributed by atoms with Crippen molar-refractivity contribution in [3.8, 4) is 23.3 Å². The molecular formula is C13H19Cl2N3O3. The highest BCUT2D eigenvalue weighted by molar-refractivity contribution is 5.85. The van der Waals surface area contributed by atoms with Gasteiger partial charge in [0, 0.05) is 31.7 Å². The second kappa shape index (κ2) is 8.80. The van der Waals surface area contributed by atoms with Crippen molar-refractivity contribution in [1.29, 1.82) is 5.26 Å². The minimum Gasteiger partial charge on any atom is -0.504 e. The molecule has 1 aliphatic rings. The van der Waals surface area contributed by atoms with Crippen molar-refractivity contribution in [2.75, 3.05) is 26.2 Å². The van der Waals surface area contributed by atoms with Crippen LogP contribution in [0.1, 0.15) is 18.0 Å². The van der Waals surface area contributed by atoms with Crippen LogP contribution in [0.15, 0.2) is 12.1 Å². The standard InChI is InChI=1S/C13H17N3O3.2ClH/c14-4-3-10(16-7-5-15-6-8-16)9-1-2-11(17)13(19)12(9)18;;/h1-2,10,15,17-19H,3,5-8H2;2*1H/t10-;;/m0../s1. The van der Waals surface area contributed by atoms with Gasteiger partial charge < -0.3 is 20.6 Å². The van der Waals surface area contributed by atoms with Crippen molar-refractivity contribution in [2.45, 2.75) is 12.5 Å². The molecule has 4 N–H and O–H groups in total. The number of nitrogens with one attached hydrogen (secondary N) is 1. The Morgan fingerprint density at radius 1 is 1.14 bits per heavy atom. The van der Waals surface area contributed by atoms with E-state index in [1.165, 1.54) is 6.07 Å². The van der Waals surface area contributed by atoms with E-state index in [4.69, 9.17) is 5.26 Å². The lowest BCUT2D eigenvalue weighted by Gasteiger charge is -2.34. The number of benzene rings is 1. The first-order valence-corrected chi connectivity index (χ1v) is 6.20. The number of halogens is 2. The Balaban J connectivity index is 0.00000200. The van der Waals surface area contributed by atoms with Crippen molar-refractivity contribution >= 4 is 24.8 Å². The molecule has 1 saturated heterocycles. The van der Waals surface area contributed by atoms with E-state index in [0.29, 0.717) is 5.56 Å². The smallest absolute Gasteiger partial charge is 0.200 e. The Labute approximate surface area is 135 Å². The summed E-state index contributed by atoms with van der Waals surface area (Å²) in [6.07, 6.45) is 0.220. The maximum absolute atomic E-state index is 9.94. The van der Waals surface area contributed by atoms with Crippen LogP contribution in [0.5, 0.6) is 17.2 Å². The van der Waals surface area contributed by atoms with Gasteiger partial charge in [-0.15, -0.1) is 24.8 Å². The molecule has 0 bridgehead atoms. The summed E-state index contributed by atoms with van der Waals surface area (Å²) in [4.78, 5) is 2.09. The molecule has 118 valence electrons. The van der Waals surface area contributed by atoms with Gasteiger partial charge in [0.2, 0.25) is 5.75 Å². The first-order valence-electron chi connectivity index (χ1n) is 6.20. The molecule has 0 aliphatic carbocycles. The van der Waals surface area contributed by atoms with Crippen LogP contribution in [0.3, 0.4) is 0 Å². The second-order valence-electron chi connectivity index (χ2n) is 4.54. The average molecular weight is 336 g/mol. The Hall–Kier alpha value is -1.39. The lowest BCUT2D eigenvalue weighted by molar-refractivity contribution is 0.172. The first kappa shape index (κ1) is 19.6. The van der Waals surface area contributed by atoms with Crippen LogP contribution in [0.4, 0.5) is 0 Å². The van der Waals surface area contributed by atoms with Gasteiger partial charge in [0.25, 0.3) is 0 Å². The van der Waals surface area contributed by atoms with Crippen molar-refractivity contribution in [3.05, 3.63) is 17.7 Å². The van der Waals surface area contributed by atoms with Crippen molar-refractivity contribution < 1.29 is 15.3 Å². The van der Waals surface area contributed by atoms with E-state index in [9.17, 15) is 15.3 Å². The van der Waals surface area contributed by atoms with Gasteiger partial charge in [0.1, 0.15) is 0 Å². The molecule has 1 aromatic carbocycles. The number of phenolic OH excluding ortho intramolecular Hbond substituents is 3. The molecule has 0 saturated carbocycles. The highest BCUT2D eigenvalue weighted by Gasteiger charge is 2.26. The number of rotatable bonds is 3. The van der Waals surface area contributed by atoms with E-state index in [2.05, 4.69) is 16.3 Å². The van der Waals surface area contributed by atoms with Crippen LogP contribution in [-0.4, -0.2) is 46.4 Å². The SMILES string of the molecule is Cl.Cl.N#CC[C@@H](c1ccc(O)c(O)c1O)N1CCNCC1. The number of phenols is 3. The highest BCUT2D eigenvalue weighted by atomic mass is 35.5. The van der Waals surface area contributed by atoms with Crippen molar-refractivity contribution in [3.63, 3.8) is 0 Å². The topological polar surface area (TPSA) is 99.8 Å². The van der Waals surface area contributed by atoms with Crippen molar-refractivity contribution in [1.82, 2.24) is 10.2 Å². The molecule has 1 aromatic rings. The van der Waals surface area contributed by atoms with E-state index in [1.807, 2.05) is 0 Å². The number of hydrogen-bond donors (Lipinski definition) is 4. The summed E-state index contributed by atoms with van der Waals surface area (Å²) in [6.45, 7) is 3.19. The summed E-state index contributed by atoms with van der Waals surface area (Å²) in [5, 5.41) is 41.1. The molecule has 0 radical (unpaired) electrons. The maximum atomic E-state index is 9.94. The summed E-state index contributed by atoms with van der Waals surface area (Å²) in [6, 6.07) is 4.71. The summed E-state index contributed by atoms with van der Waals surface area (Å²) >= 11 is 0. The summed E-state index contributed by atoms with van der Waals surface area (Å²) < 4.78 is 0. The minimum absolute atomic E-state index is 0. The number of hydrogen-bond acceptors (Lipinski definition) is 6. The summed E-state index contributed by atoms with van der Waals surface area (Å²) in [7, 11) is 0. The van der Waals surface area contributed by atoms with Gasteiger partial charge in [-0.25, -0.2) is 0 Å². The Morgan fingerprint density at radius 2 is 1.76 bits per heavy atom. The third-order valence-electron chi connectivity index (χ3n) is 3.40. The minimum atomic E-state index is -0.532. The number of nitrogens with zero attached hydrogens (tertiary/aromatic N) is 2. The van der Waals surface area contributed by atoms with E-state index in [1.54, 1.807) is 6.07 Å². The molecular weight excluding hydrogens is 317 g/mol. The highest BCUT2D eigenvalue weighted by Crippen LogP contribution is 2.42. The van der Waals surface area contributed by atoms with Gasteiger partial charge >= 0.3 is 0 Å². The van der Waals surface area contributed by atoms with E-state index >= 15 is 0 Å². The largest absolute Gasteiger partial charge is 0.504 e. The van der Waals surface area contributed by atoms with Crippen LogP contribution in [0.2, 0.25) is 0 Å². The summed E-state index contributed by atoms with van der Waals surface area (Å²) in [5.41, 5.74) is 0.471. The molecule has 1 atom stereocenters. The maximum Gasteiger partial charge on any atom is 0.200 e. The average Bonchev–Trinajstić information content (AvgIpc) is 2.44. The normalized spacial score (nSPS) is 16.1. The quantitative estimate of drug-likeness (QED) is 0.625. The van der Waals surface area contributed by atoms with Crippen LogP contribution >= 0.6 is 24.8 Å². The van der Waals surface area contributed by atoms with Gasteiger partial charge in [0.05, 0.1) is 18.5 Å². The lowest BCUT2D eigenvalue weighted by Crippen LogP contribution is -2.45. The summed E-state index contributed by atoms with van der Waals surface area (Å²) in [5.74, 6) is -1.24. The molecule has 0 spiro atoms. The fourth-order valence-electron chi connectivity index (χ4n) is 2.37. The van der Waals surface area contributed by atoms with Gasteiger partial charge in [-0.05, 0) is 12.1 Å². The Morgan fingerprint density at radius 3 is 2.33 bits per heavy atom. The van der Waals surface area contributed by atoms with E-state index < -0.39 is 5.75 Å².